The molecule has 0 unspecified atom stereocenters. The molecule has 7 nitrogen and oxygen atoms in total. The van der Waals surface area contributed by atoms with Gasteiger partial charge < -0.3 is 16.4 Å². The second kappa shape index (κ2) is 7.20. The Morgan fingerprint density at radius 1 is 1.32 bits per heavy atom. The third-order valence-corrected chi connectivity index (χ3v) is 2.44. The van der Waals surface area contributed by atoms with E-state index < -0.39 is 4.92 Å². The Morgan fingerprint density at radius 2 is 1.95 bits per heavy atom. The van der Waals surface area contributed by atoms with Crippen molar-refractivity contribution in [2.24, 2.45) is 5.73 Å². The zero-order valence-corrected chi connectivity index (χ0v) is 10.8. The number of hydrogen-bond donors (Lipinski definition) is 3. The van der Waals surface area contributed by atoms with Gasteiger partial charge in [-0.15, -0.1) is 0 Å². The first-order valence-electron chi connectivity index (χ1n) is 6.08. The molecule has 1 aromatic rings. The van der Waals surface area contributed by atoms with Crippen molar-refractivity contribution in [2.75, 3.05) is 23.7 Å². The summed E-state index contributed by atoms with van der Waals surface area (Å²) in [6.07, 6.45) is 0.885. The summed E-state index contributed by atoms with van der Waals surface area (Å²) < 4.78 is 0. The maximum atomic E-state index is 10.8. The molecular formula is C12H18N4O3. The molecule has 104 valence electrons. The average molecular weight is 266 g/mol. The Morgan fingerprint density at radius 3 is 2.47 bits per heavy atom. The molecule has 19 heavy (non-hydrogen) atoms. The van der Waals surface area contributed by atoms with Crippen LogP contribution in [0.1, 0.15) is 19.8 Å². The van der Waals surface area contributed by atoms with Crippen molar-refractivity contribution < 1.29 is 9.72 Å². The Labute approximate surface area is 111 Å². The standard InChI is InChI=1S/C12H18N4O3/c1-2-14-9-6-10(8-11(7-9)16(18)19)15-5-3-4-12(13)17/h6-8,14-15H,2-5H2,1H3,(H2,13,17). The summed E-state index contributed by atoms with van der Waals surface area (Å²) in [5, 5.41) is 16.9. The van der Waals surface area contributed by atoms with Gasteiger partial charge in [0.25, 0.3) is 5.69 Å². The second-order valence-electron chi connectivity index (χ2n) is 4.05. The number of nitrogens with two attached hydrogens (primary N) is 1. The van der Waals surface area contributed by atoms with E-state index in [0.717, 1.165) is 0 Å². The van der Waals surface area contributed by atoms with E-state index in [-0.39, 0.29) is 11.6 Å². The number of primary amides is 1. The largest absolute Gasteiger partial charge is 0.385 e. The van der Waals surface area contributed by atoms with Gasteiger partial charge in [-0.25, -0.2) is 0 Å². The Bertz CT molecular complexity index is 462. The highest BCUT2D eigenvalue weighted by molar-refractivity contribution is 5.73. The van der Waals surface area contributed by atoms with E-state index in [2.05, 4.69) is 10.6 Å². The highest BCUT2D eigenvalue weighted by Gasteiger charge is 2.09. The molecule has 1 rings (SSSR count). The molecule has 0 aliphatic rings. The van der Waals surface area contributed by atoms with Crippen molar-refractivity contribution in [3.63, 3.8) is 0 Å². The van der Waals surface area contributed by atoms with E-state index in [1.807, 2.05) is 6.92 Å². The molecule has 0 aromatic heterocycles. The van der Waals surface area contributed by atoms with Gasteiger partial charge in [0.05, 0.1) is 4.92 Å². The minimum atomic E-state index is -0.435. The highest BCUT2D eigenvalue weighted by atomic mass is 16.6. The number of nitrogens with zero attached hydrogens (tertiary/aromatic N) is 1. The fourth-order valence-electron chi connectivity index (χ4n) is 1.62. The lowest BCUT2D eigenvalue weighted by molar-refractivity contribution is -0.384. The first kappa shape index (κ1) is 14.7. The fraction of sp³-hybridized carbons (Fsp3) is 0.417. The molecule has 0 atom stereocenters. The predicted octanol–water partition coefficient (Wildman–Crippen LogP) is 1.70. The Balaban J connectivity index is 2.70. The van der Waals surface area contributed by atoms with Crippen LogP contribution in [0.25, 0.3) is 0 Å². The number of nitrogens with one attached hydrogen (secondary N) is 2. The lowest BCUT2D eigenvalue weighted by Gasteiger charge is -2.09. The van der Waals surface area contributed by atoms with Crippen LogP contribution in [-0.4, -0.2) is 23.9 Å². The van der Waals surface area contributed by atoms with Gasteiger partial charge in [0, 0.05) is 43.0 Å². The van der Waals surface area contributed by atoms with Crippen molar-refractivity contribution in [1.82, 2.24) is 0 Å². The van der Waals surface area contributed by atoms with Gasteiger partial charge in [-0.05, 0) is 19.4 Å². The van der Waals surface area contributed by atoms with Gasteiger partial charge in [-0.1, -0.05) is 0 Å². The lowest BCUT2D eigenvalue weighted by Crippen LogP contribution is -2.12. The van der Waals surface area contributed by atoms with E-state index >= 15 is 0 Å². The van der Waals surface area contributed by atoms with Crippen molar-refractivity contribution in [2.45, 2.75) is 19.8 Å². The van der Waals surface area contributed by atoms with Crippen LogP contribution in [0.4, 0.5) is 17.1 Å². The van der Waals surface area contributed by atoms with Crippen molar-refractivity contribution in [1.29, 1.82) is 0 Å². The molecular weight excluding hydrogens is 248 g/mol. The first-order chi connectivity index (χ1) is 9.02. The molecule has 0 bridgehead atoms. The van der Waals surface area contributed by atoms with Crippen molar-refractivity contribution >= 4 is 23.0 Å². The summed E-state index contributed by atoms with van der Waals surface area (Å²) in [6.45, 7) is 3.14. The zero-order chi connectivity index (χ0) is 14.3. The summed E-state index contributed by atoms with van der Waals surface area (Å²) in [5.41, 5.74) is 6.39. The zero-order valence-electron chi connectivity index (χ0n) is 10.8. The summed E-state index contributed by atoms with van der Waals surface area (Å²) in [5.74, 6) is -0.353. The van der Waals surface area contributed by atoms with Crippen molar-refractivity contribution in [3.8, 4) is 0 Å². The number of non-ortho nitro benzene ring substituents is 1. The maximum absolute atomic E-state index is 10.8. The minimum absolute atomic E-state index is 0.0239. The number of rotatable bonds is 8. The molecule has 0 aliphatic heterocycles. The van der Waals surface area contributed by atoms with Crippen molar-refractivity contribution in [3.05, 3.63) is 28.3 Å². The second-order valence-corrected chi connectivity index (χ2v) is 4.05. The predicted molar refractivity (Wildman–Crippen MR) is 74.2 cm³/mol. The molecule has 1 aromatic carbocycles. The van der Waals surface area contributed by atoms with E-state index in [1.165, 1.54) is 12.1 Å². The smallest absolute Gasteiger partial charge is 0.273 e. The first-order valence-corrected chi connectivity index (χ1v) is 6.08. The summed E-state index contributed by atoms with van der Waals surface area (Å²) in [7, 11) is 0. The molecule has 0 fully saturated rings. The quantitative estimate of drug-likeness (QED) is 0.377. The summed E-state index contributed by atoms with van der Waals surface area (Å²) in [6, 6.07) is 4.74. The molecule has 0 spiro atoms. The molecule has 0 heterocycles. The maximum Gasteiger partial charge on any atom is 0.273 e. The van der Waals surface area contributed by atoms with Crippen LogP contribution in [0, 0.1) is 10.1 Å². The molecule has 7 heteroatoms. The monoisotopic (exact) mass is 266 g/mol. The van der Waals surface area contributed by atoms with Crippen LogP contribution < -0.4 is 16.4 Å². The van der Waals surface area contributed by atoms with Gasteiger partial charge in [0.15, 0.2) is 0 Å². The van der Waals surface area contributed by atoms with Gasteiger partial charge in [-0.2, -0.15) is 0 Å². The Kier molecular flexibility index (Phi) is 5.59. The third kappa shape index (κ3) is 5.24. The number of amides is 1. The van der Waals surface area contributed by atoms with Crippen LogP contribution >= 0.6 is 0 Å². The number of anilines is 2. The normalized spacial score (nSPS) is 9.95. The Hall–Kier alpha value is -2.31. The van der Waals surface area contributed by atoms with Gasteiger partial charge in [0.1, 0.15) is 0 Å². The van der Waals surface area contributed by atoms with Gasteiger partial charge in [0.2, 0.25) is 5.91 Å². The molecule has 0 saturated carbocycles. The number of hydrogen-bond acceptors (Lipinski definition) is 5. The van der Waals surface area contributed by atoms with Gasteiger partial charge in [-0.3, -0.25) is 14.9 Å². The molecule has 0 radical (unpaired) electrons. The van der Waals surface area contributed by atoms with Crippen LogP contribution in [0.3, 0.4) is 0 Å². The number of carbonyl (C=O) groups excluding carboxylic acids is 1. The SMILES string of the molecule is CCNc1cc(NCCCC(N)=O)cc([N+](=O)[O-])c1. The van der Waals surface area contributed by atoms with E-state index in [4.69, 9.17) is 5.73 Å². The molecule has 1 amide bonds. The number of carbonyl (C=O) groups is 1. The number of nitro groups is 1. The molecule has 0 aliphatic carbocycles. The van der Waals surface area contributed by atoms with Crippen LogP contribution in [0.5, 0.6) is 0 Å². The third-order valence-electron chi connectivity index (χ3n) is 2.44. The topological polar surface area (TPSA) is 110 Å². The van der Waals surface area contributed by atoms with E-state index in [9.17, 15) is 14.9 Å². The number of benzene rings is 1. The van der Waals surface area contributed by atoms with E-state index in [1.54, 1.807) is 6.07 Å². The minimum Gasteiger partial charge on any atom is -0.385 e. The average Bonchev–Trinajstić information content (AvgIpc) is 2.34. The summed E-state index contributed by atoms with van der Waals surface area (Å²) in [4.78, 5) is 21.0. The number of nitro benzene ring substituents is 1. The molecule has 4 N–H and O–H groups in total. The van der Waals surface area contributed by atoms with Crippen LogP contribution in [0.15, 0.2) is 18.2 Å². The molecule has 0 saturated heterocycles. The highest BCUT2D eigenvalue weighted by Crippen LogP contribution is 2.24. The van der Waals surface area contributed by atoms with Crippen LogP contribution in [-0.2, 0) is 4.79 Å². The van der Waals surface area contributed by atoms with E-state index in [0.29, 0.717) is 37.3 Å². The lowest BCUT2D eigenvalue weighted by atomic mass is 10.2. The summed E-state index contributed by atoms with van der Waals surface area (Å²) >= 11 is 0. The van der Waals surface area contributed by atoms with Gasteiger partial charge >= 0.3 is 0 Å². The fourth-order valence-corrected chi connectivity index (χ4v) is 1.62. The van der Waals surface area contributed by atoms with Crippen LogP contribution in [0.2, 0.25) is 0 Å².